The second-order valence-corrected chi connectivity index (χ2v) is 17.3. The van der Waals surface area contributed by atoms with Crippen LogP contribution in [0.1, 0.15) is 49.7 Å². The van der Waals surface area contributed by atoms with Gasteiger partial charge in [-0.2, -0.15) is 5.26 Å². The Hall–Kier alpha value is -6.90. The lowest BCUT2D eigenvalue weighted by Crippen LogP contribution is -2.48. The Bertz CT molecular complexity index is 3120. The van der Waals surface area contributed by atoms with Crippen LogP contribution in [-0.4, -0.2) is 15.0 Å². The highest BCUT2D eigenvalue weighted by Crippen LogP contribution is 2.61. The number of nitrogens with zero attached hydrogens (tertiary/aromatic N) is 4. The molecule has 4 saturated carbocycles. The van der Waals surface area contributed by atoms with Gasteiger partial charge in [-0.1, -0.05) is 115 Å². The number of hydrogen-bond acceptors (Lipinski definition) is 5. The summed E-state index contributed by atoms with van der Waals surface area (Å²) in [6, 6.07) is 55.0. The highest BCUT2D eigenvalue weighted by atomic mass is 16.3. The van der Waals surface area contributed by atoms with E-state index < -0.39 is 0 Å². The first-order valence-corrected chi connectivity index (χ1v) is 21.0. The van der Waals surface area contributed by atoms with Crippen LogP contribution in [0.25, 0.3) is 89.1 Å². The molecule has 282 valence electrons. The molecular weight excluding hydrogens is 721 g/mol. The molecule has 5 nitrogen and oxygen atoms in total. The normalized spacial score (nSPS) is 20.7. The molecule has 13 rings (SSSR count). The molecule has 0 N–H and O–H groups in total. The van der Waals surface area contributed by atoms with Crippen LogP contribution in [0, 0.1) is 29.1 Å². The molecule has 0 unspecified atom stereocenters. The second-order valence-electron chi connectivity index (χ2n) is 17.3. The van der Waals surface area contributed by atoms with E-state index in [-0.39, 0.29) is 0 Å². The maximum Gasteiger partial charge on any atom is 0.164 e. The minimum Gasteiger partial charge on any atom is -0.455 e. The van der Waals surface area contributed by atoms with Crippen LogP contribution in [0.4, 0.5) is 0 Å². The van der Waals surface area contributed by atoms with Crippen LogP contribution >= 0.6 is 0 Å². The molecule has 0 aliphatic heterocycles. The third-order valence-corrected chi connectivity index (χ3v) is 13.7. The number of rotatable bonds is 6. The molecule has 4 fully saturated rings. The number of hydrogen-bond donors (Lipinski definition) is 0. The largest absolute Gasteiger partial charge is 0.455 e. The summed E-state index contributed by atoms with van der Waals surface area (Å²) in [6.07, 6.45) is 8.37. The van der Waals surface area contributed by atoms with Crippen LogP contribution < -0.4 is 0 Å². The van der Waals surface area contributed by atoms with E-state index >= 15 is 0 Å². The molecule has 7 aromatic carbocycles. The minimum absolute atomic E-state index is 0.335. The summed E-state index contributed by atoms with van der Waals surface area (Å²) in [5, 5.41) is 13.8. The van der Waals surface area contributed by atoms with E-state index in [0.29, 0.717) is 28.5 Å². The Balaban J connectivity index is 1.03. The Morgan fingerprint density at radius 1 is 0.475 bits per heavy atom. The molecule has 0 amide bonds. The van der Waals surface area contributed by atoms with Crippen molar-refractivity contribution in [3.8, 4) is 62.5 Å². The summed E-state index contributed by atoms with van der Waals surface area (Å²) >= 11 is 0. The molecule has 0 radical (unpaired) electrons. The first-order chi connectivity index (χ1) is 29.1. The Morgan fingerprint density at radius 2 is 1.08 bits per heavy atom. The van der Waals surface area contributed by atoms with Crippen LogP contribution in [-0.2, 0) is 5.41 Å². The van der Waals surface area contributed by atoms with E-state index in [1.807, 2.05) is 42.5 Å². The Labute approximate surface area is 343 Å². The van der Waals surface area contributed by atoms with Crippen molar-refractivity contribution >= 4 is 32.7 Å². The van der Waals surface area contributed by atoms with Gasteiger partial charge in [-0.3, -0.25) is 0 Å². The standard InChI is InChI=1S/C54H40N4O/c55-32-33-9-8-12-39(26-33)42-21-22-46(44-14-5-4-13-43(42)44)53-57-51(38-10-2-1-3-11-38)56-52(58-53)40-27-47(50-48(28-40)45-15-6-7-16-49(45)59-50)37-17-19-41(20-18-37)54-29-34-23-35(30-54)25-36(24-34)31-54/h1-22,26-28,34-36H,23-25,29-31H2. The molecule has 4 aliphatic rings. The van der Waals surface area contributed by atoms with Crippen LogP contribution in [0.15, 0.2) is 156 Å². The monoisotopic (exact) mass is 760 g/mol. The topological polar surface area (TPSA) is 75.6 Å². The lowest BCUT2D eigenvalue weighted by Gasteiger charge is -2.57. The van der Waals surface area contributed by atoms with Crippen LogP contribution in [0.5, 0.6) is 0 Å². The van der Waals surface area contributed by atoms with Gasteiger partial charge >= 0.3 is 0 Å². The van der Waals surface area contributed by atoms with Gasteiger partial charge in [0.15, 0.2) is 17.5 Å². The van der Waals surface area contributed by atoms with Crippen molar-refractivity contribution in [2.75, 3.05) is 0 Å². The predicted octanol–water partition coefficient (Wildman–Crippen LogP) is 13.6. The van der Waals surface area contributed by atoms with Gasteiger partial charge in [0.2, 0.25) is 0 Å². The van der Waals surface area contributed by atoms with Crippen LogP contribution in [0.2, 0.25) is 0 Å². The summed E-state index contributed by atoms with van der Waals surface area (Å²) < 4.78 is 6.69. The van der Waals surface area contributed by atoms with Crippen molar-refractivity contribution in [3.63, 3.8) is 0 Å². The third kappa shape index (κ3) is 5.69. The highest BCUT2D eigenvalue weighted by molar-refractivity contribution is 6.11. The van der Waals surface area contributed by atoms with Gasteiger partial charge in [-0.25, -0.2) is 15.0 Å². The summed E-state index contributed by atoms with van der Waals surface area (Å²) in [4.78, 5) is 15.7. The number of aromatic nitrogens is 3. The van der Waals surface area contributed by atoms with Gasteiger partial charge < -0.3 is 4.42 Å². The molecule has 5 heteroatoms. The zero-order valence-corrected chi connectivity index (χ0v) is 32.6. The third-order valence-electron chi connectivity index (χ3n) is 13.7. The van der Waals surface area contributed by atoms with Gasteiger partial charge in [0, 0.05) is 33.0 Å². The van der Waals surface area contributed by atoms with E-state index in [0.717, 1.165) is 89.4 Å². The lowest BCUT2D eigenvalue weighted by molar-refractivity contribution is -0.00518. The van der Waals surface area contributed by atoms with Crippen molar-refractivity contribution in [1.82, 2.24) is 15.0 Å². The summed E-state index contributed by atoms with van der Waals surface area (Å²) in [5.74, 6) is 4.51. The average molecular weight is 761 g/mol. The van der Waals surface area contributed by atoms with Gasteiger partial charge in [-0.05, 0) is 131 Å². The zero-order valence-electron chi connectivity index (χ0n) is 32.6. The maximum absolute atomic E-state index is 9.66. The van der Waals surface area contributed by atoms with Crippen molar-refractivity contribution in [1.29, 1.82) is 5.26 Å². The molecule has 0 spiro atoms. The summed E-state index contributed by atoms with van der Waals surface area (Å²) in [6.45, 7) is 0. The van der Waals surface area contributed by atoms with E-state index in [4.69, 9.17) is 19.4 Å². The fourth-order valence-corrected chi connectivity index (χ4v) is 11.5. The van der Waals surface area contributed by atoms with Gasteiger partial charge in [0.1, 0.15) is 11.2 Å². The smallest absolute Gasteiger partial charge is 0.164 e. The number of benzene rings is 7. The number of nitriles is 1. The average Bonchev–Trinajstić information content (AvgIpc) is 3.67. The molecule has 2 heterocycles. The van der Waals surface area contributed by atoms with E-state index in [2.05, 4.69) is 115 Å². The first kappa shape index (κ1) is 34.2. The molecular formula is C54H40N4O. The van der Waals surface area contributed by atoms with Crippen molar-refractivity contribution in [3.05, 3.63) is 163 Å². The van der Waals surface area contributed by atoms with Gasteiger partial charge in [0.25, 0.3) is 0 Å². The second kappa shape index (κ2) is 13.3. The molecule has 59 heavy (non-hydrogen) atoms. The molecule has 2 aromatic heterocycles. The minimum atomic E-state index is 0.335. The lowest BCUT2D eigenvalue weighted by atomic mass is 9.48. The molecule has 4 aliphatic carbocycles. The van der Waals surface area contributed by atoms with E-state index in [1.54, 1.807) is 0 Å². The van der Waals surface area contributed by atoms with E-state index in [1.165, 1.54) is 44.1 Å². The number of fused-ring (bicyclic) bond motifs is 4. The highest BCUT2D eigenvalue weighted by Gasteiger charge is 2.51. The van der Waals surface area contributed by atoms with Crippen molar-refractivity contribution in [2.45, 2.75) is 43.9 Å². The van der Waals surface area contributed by atoms with Gasteiger partial charge in [0.05, 0.1) is 11.6 Å². The molecule has 0 saturated heterocycles. The quantitative estimate of drug-likeness (QED) is 0.169. The maximum atomic E-state index is 9.66. The zero-order chi connectivity index (χ0) is 39.1. The van der Waals surface area contributed by atoms with Gasteiger partial charge in [-0.15, -0.1) is 0 Å². The molecule has 9 aromatic rings. The SMILES string of the molecule is N#Cc1cccc(-c2ccc(-c3nc(-c4ccccc4)nc(-c4cc(-c5ccc(C67CC8CC(CC(C8)C6)C7)cc5)c5oc6ccccc6c5c4)n3)c3ccccc23)c1. The summed E-state index contributed by atoms with van der Waals surface area (Å²) in [7, 11) is 0. The van der Waals surface area contributed by atoms with Crippen molar-refractivity contribution < 1.29 is 4.42 Å². The van der Waals surface area contributed by atoms with E-state index in [9.17, 15) is 5.26 Å². The predicted molar refractivity (Wildman–Crippen MR) is 236 cm³/mol. The number of para-hydroxylation sites is 1. The fraction of sp³-hybridized carbons (Fsp3) is 0.185. The Morgan fingerprint density at radius 3 is 1.81 bits per heavy atom. The molecule has 0 atom stereocenters. The first-order valence-electron chi connectivity index (χ1n) is 21.0. The Kier molecular flexibility index (Phi) is 7.72. The summed E-state index contributed by atoms with van der Waals surface area (Å²) in [5.41, 5.74) is 11.2. The number of furan rings is 1. The molecule has 4 bridgehead atoms. The fourth-order valence-electron chi connectivity index (χ4n) is 11.5. The van der Waals surface area contributed by atoms with Crippen LogP contribution in [0.3, 0.4) is 0 Å². The van der Waals surface area contributed by atoms with Crippen molar-refractivity contribution in [2.24, 2.45) is 17.8 Å².